The van der Waals surface area contributed by atoms with E-state index in [2.05, 4.69) is 11.9 Å². The molecule has 2 bridgehead atoms. The maximum Gasteiger partial charge on any atom is 0.253 e. The van der Waals surface area contributed by atoms with Gasteiger partial charge in [0.2, 0.25) is 0 Å². The number of carbonyl (C=O) groups excluding carboxylic acids is 1. The second-order valence-electron chi connectivity index (χ2n) is 7.33. The van der Waals surface area contributed by atoms with Gasteiger partial charge in [-0.2, -0.15) is 0 Å². The minimum absolute atomic E-state index is 0.0921. The van der Waals surface area contributed by atoms with Gasteiger partial charge in [-0.05, 0) is 42.4 Å². The predicted octanol–water partition coefficient (Wildman–Crippen LogP) is 2.46. The molecular weight excluding hydrogens is 328 g/mol. The number of phenols is 1. The molecule has 5 heteroatoms. The van der Waals surface area contributed by atoms with Crippen molar-refractivity contribution in [3.05, 3.63) is 54.1 Å². The van der Waals surface area contributed by atoms with Gasteiger partial charge in [-0.1, -0.05) is 24.3 Å². The predicted molar refractivity (Wildman–Crippen MR) is 100 cm³/mol. The average Bonchev–Trinajstić information content (AvgIpc) is 2.90. The number of ether oxygens (including phenoxy) is 1. The Labute approximate surface area is 153 Å². The molecule has 2 saturated heterocycles. The summed E-state index contributed by atoms with van der Waals surface area (Å²) < 4.78 is 5.74. The lowest BCUT2D eigenvalue weighted by atomic mass is 10.0. The molecule has 1 amide bonds. The smallest absolute Gasteiger partial charge is 0.253 e. The topological polar surface area (TPSA) is 53.0 Å². The van der Waals surface area contributed by atoms with E-state index in [0.29, 0.717) is 19.1 Å². The summed E-state index contributed by atoms with van der Waals surface area (Å²) in [5.41, 5.74) is 2.77. The number of benzene rings is 2. The van der Waals surface area contributed by atoms with Crippen LogP contribution in [0.15, 0.2) is 48.5 Å². The van der Waals surface area contributed by atoms with Crippen LogP contribution < -0.4 is 0 Å². The zero-order valence-corrected chi connectivity index (χ0v) is 15.0. The third-order valence-corrected chi connectivity index (χ3v) is 5.36. The van der Waals surface area contributed by atoms with Crippen molar-refractivity contribution in [1.29, 1.82) is 0 Å². The number of hydrogen-bond acceptors (Lipinski definition) is 4. The highest BCUT2D eigenvalue weighted by atomic mass is 16.5. The van der Waals surface area contributed by atoms with E-state index >= 15 is 0 Å². The maximum atomic E-state index is 13.0. The normalized spacial score (nSPS) is 23.5. The molecule has 0 spiro atoms. The van der Waals surface area contributed by atoms with Crippen molar-refractivity contribution in [2.45, 2.75) is 6.04 Å². The van der Waals surface area contributed by atoms with Crippen LogP contribution in [0, 0.1) is 5.92 Å². The number of carbonyl (C=O) groups is 1. The number of phenolic OH excluding ortho intramolecular Hbond substituents is 1. The van der Waals surface area contributed by atoms with Gasteiger partial charge in [0.05, 0.1) is 19.3 Å². The molecule has 2 fully saturated rings. The van der Waals surface area contributed by atoms with E-state index in [1.165, 1.54) is 0 Å². The number of fused-ring (bicyclic) bond motifs is 3. The van der Waals surface area contributed by atoms with Gasteiger partial charge >= 0.3 is 0 Å². The molecule has 5 nitrogen and oxygen atoms in total. The summed E-state index contributed by atoms with van der Waals surface area (Å²) in [6, 6.07) is 15.1. The lowest BCUT2D eigenvalue weighted by Gasteiger charge is -2.29. The van der Waals surface area contributed by atoms with Crippen molar-refractivity contribution in [1.82, 2.24) is 9.80 Å². The molecule has 2 aliphatic heterocycles. The minimum atomic E-state index is 0.0921. The Hall–Kier alpha value is -2.37. The first kappa shape index (κ1) is 17.1. The highest BCUT2D eigenvalue weighted by Crippen LogP contribution is 2.24. The monoisotopic (exact) mass is 352 g/mol. The van der Waals surface area contributed by atoms with Gasteiger partial charge < -0.3 is 14.7 Å². The fourth-order valence-corrected chi connectivity index (χ4v) is 3.86. The lowest BCUT2D eigenvalue weighted by molar-refractivity contribution is 0.0434. The third-order valence-electron chi connectivity index (χ3n) is 5.36. The van der Waals surface area contributed by atoms with Crippen LogP contribution in [0.5, 0.6) is 5.75 Å². The highest BCUT2D eigenvalue weighted by molar-refractivity contribution is 5.94. The minimum Gasteiger partial charge on any atom is -0.508 e. The van der Waals surface area contributed by atoms with Crippen LogP contribution in [-0.2, 0) is 4.74 Å². The van der Waals surface area contributed by atoms with Crippen LogP contribution in [0.4, 0.5) is 0 Å². The molecule has 2 atom stereocenters. The Morgan fingerprint density at radius 2 is 1.62 bits per heavy atom. The van der Waals surface area contributed by atoms with E-state index in [9.17, 15) is 9.90 Å². The highest BCUT2D eigenvalue weighted by Gasteiger charge is 2.33. The number of aromatic hydroxyl groups is 1. The maximum absolute atomic E-state index is 13.0. The molecule has 0 aliphatic carbocycles. The summed E-state index contributed by atoms with van der Waals surface area (Å²) in [4.78, 5) is 17.3. The van der Waals surface area contributed by atoms with Crippen LogP contribution in [0.2, 0.25) is 0 Å². The standard InChI is InChI=1S/C21H24N2O3/c1-22-10-15-11-23(12-19(22)14-26-13-15)21(25)18-4-2-16(3-5-18)17-6-8-20(24)9-7-17/h2-9,15,19,24H,10-14H2,1H3/t15-,19+/m1/s1. The molecule has 2 aromatic carbocycles. The first-order chi connectivity index (χ1) is 12.6. The van der Waals surface area contributed by atoms with Gasteiger partial charge in [-0.3, -0.25) is 9.69 Å². The summed E-state index contributed by atoms with van der Waals surface area (Å²) in [5, 5.41) is 9.41. The molecule has 26 heavy (non-hydrogen) atoms. The van der Waals surface area contributed by atoms with Crippen molar-refractivity contribution in [3.63, 3.8) is 0 Å². The molecule has 0 radical (unpaired) electrons. The third kappa shape index (κ3) is 3.45. The van der Waals surface area contributed by atoms with E-state index in [4.69, 9.17) is 4.74 Å². The van der Waals surface area contributed by atoms with E-state index in [1.807, 2.05) is 41.3 Å². The lowest BCUT2D eigenvalue weighted by Crippen LogP contribution is -2.44. The number of rotatable bonds is 2. The molecule has 2 heterocycles. The van der Waals surface area contributed by atoms with Gasteiger partial charge in [0.15, 0.2) is 0 Å². The fourth-order valence-electron chi connectivity index (χ4n) is 3.86. The molecule has 136 valence electrons. The molecule has 2 aromatic rings. The Bertz CT molecular complexity index is 773. The Kier molecular flexibility index (Phi) is 4.66. The number of hydrogen-bond donors (Lipinski definition) is 1. The van der Waals surface area contributed by atoms with Crippen LogP contribution in [-0.4, -0.2) is 66.8 Å². The quantitative estimate of drug-likeness (QED) is 0.902. The largest absolute Gasteiger partial charge is 0.508 e. The van der Waals surface area contributed by atoms with Gasteiger partial charge in [-0.25, -0.2) is 0 Å². The zero-order valence-electron chi connectivity index (χ0n) is 15.0. The summed E-state index contributed by atoms with van der Waals surface area (Å²) in [7, 11) is 2.12. The Balaban J connectivity index is 1.52. The van der Waals surface area contributed by atoms with Crippen molar-refractivity contribution < 1.29 is 14.6 Å². The Morgan fingerprint density at radius 1 is 0.962 bits per heavy atom. The van der Waals surface area contributed by atoms with Gasteiger partial charge in [-0.15, -0.1) is 0 Å². The van der Waals surface area contributed by atoms with Crippen LogP contribution in [0.1, 0.15) is 10.4 Å². The van der Waals surface area contributed by atoms with Crippen LogP contribution >= 0.6 is 0 Å². The van der Waals surface area contributed by atoms with Crippen LogP contribution in [0.3, 0.4) is 0 Å². The molecule has 0 saturated carbocycles. The Morgan fingerprint density at radius 3 is 2.31 bits per heavy atom. The summed E-state index contributed by atoms with van der Waals surface area (Å²) in [5.74, 6) is 0.711. The van der Waals surface area contributed by atoms with Crippen molar-refractivity contribution >= 4 is 5.91 Å². The van der Waals surface area contributed by atoms with E-state index in [0.717, 1.165) is 36.4 Å². The average molecular weight is 352 g/mol. The first-order valence-corrected chi connectivity index (χ1v) is 9.07. The van der Waals surface area contributed by atoms with Gasteiger partial charge in [0.1, 0.15) is 5.75 Å². The fraction of sp³-hybridized carbons (Fsp3) is 0.381. The van der Waals surface area contributed by atoms with E-state index in [-0.39, 0.29) is 17.7 Å². The van der Waals surface area contributed by atoms with Crippen molar-refractivity contribution in [2.75, 3.05) is 39.9 Å². The first-order valence-electron chi connectivity index (χ1n) is 9.07. The molecule has 4 rings (SSSR count). The number of nitrogens with zero attached hydrogens (tertiary/aromatic N) is 2. The summed E-state index contributed by atoms with van der Waals surface area (Å²) in [6.45, 7) is 3.86. The van der Waals surface area contributed by atoms with Crippen LogP contribution in [0.25, 0.3) is 11.1 Å². The zero-order chi connectivity index (χ0) is 18.1. The van der Waals surface area contributed by atoms with Crippen molar-refractivity contribution in [2.24, 2.45) is 5.92 Å². The molecule has 0 aromatic heterocycles. The molecular formula is C21H24N2O3. The summed E-state index contributed by atoms with van der Waals surface area (Å²) >= 11 is 0. The van der Waals surface area contributed by atoms with Gasteiger partial charge in [0.25, 0.3) is 5.91 Å². The van der Waals surface area contributed by atoms with Gasteiger partial charge in [0, 0.05) is 31.1 Å². The van der Waals surface area contributed by atoms with E-state index < -0.39 is 0 Å². The SMILES string of the molecule is CN1C[C@H]2COC[C@@H]1CN(C(=O)c1ccc(-c3ccc(O)cc3)cc1)C2. The molecule has 1 N–H and O–H groups in total. The second kappa shape index (κ2) is 7.09. The molecule has 0 unspecified atom stereocenters. The van der Waals surface area contributed by atoms with E-state index in [1.54, 1.807) is 12.1 Å². The summed E-state index contributed by atoms with van der Waals surface area (Å²) in [6.07, 6.45) is 0. The molecule has 2 aliphatic rings. The number of amides is 1. The number of likely N-dealkylation sites (N-methyl/N-ethyl adjacent to an activating group) is 1. The van der Waals surface area contributed by atoms with Crippen molar-refractivity contribution in [3.8, 4) is 16.9 Å². The second-order valence-corrected chi connectivity index (χ2v) is 7.33.